The molecule has 0 atom stereocenters. The number of rotatable bonds is 1. The molecule has 2 heterocycles. The van der Waals surface area contributed by atoms with Gasteiger partial charge in [-0.3, -0.25) is 4.79 Å². The van der Waals surface area contributed by atoms with Crippen LogP contribution in [0.1, 0.15) is 19.3 Å². The molecule has 1 fully saturated rings. The minimum absolute atomic E-state index is 0.256. The standard InChI is InChI=1S/C15H18N2O2/c18-15(11-3-1-4-11)17-8-7-16-9-10-19-13-6-2-5-12(17)14(13)16/h2,5-6,11H,1,3-4,7-10H2. The highest BCUT2D eigenvalue weighted by Gasteiger charge is 2.35. The molecule has 0 spiro atoms. The van der Waals surface area contributed by atoms with Crippen molar-refractivity contribution < 1.29 is 9.53 Å². The van der Waals surface area contributed by atoms with Gasteiger partial charge in [-0.15, -0.1) is 0 Å². The van der Waals surface area contributed by atoms with Crippen molar-refractivity contribution in [3.05, 3.63) is 18.2 Å². The van der Waals surface area contributed by atoms with E-state index in [9.17, 15) is 4.79 Å². The molecular formula is C15H18N2O2. The summed E-state index contributed by atoms with van der Waals surface area (Å²) in [7, 11) is 0. The molecule has 4 nitrogen and oxygen atoms in total. The number of hydrogen-bond acceptors (Lipinski definition) is 3. The van der Waals surface area contributed by atoms with Gasteiger partial charge in [-0.05, 0) is 25.0 Å². The van der Waals surface area contributed by atoms with Crippen molar-refractivity contribution in [3.63, 3.8) is 0 Å². The maximum Gasteiger partial charge on any atom is 0.230 e. The van der Waals surface area contributed by atoms with E-state index in [1.807, 2.05) is 17.0 Å². The van der Waals surface area contributed by atoms with Crippen molar-refractivity contribution in [1.82, 2.24) is 0 Å². The van der Waals surface area contributed by atoms with Crippen LogP contribution in [0.15, 0.2) is 18.2 Å². The third-order valence-electron chi connectivity index (χ3n) is 4.52. The van der Waals surface area contributed by atoms with Gasteiger partial charge < -0.3 is 14.5 Å². The van der Waals surface area contributed by atoms with Gasteiger partial charge in [0.1, 0.15) is 18.0 Å². The first kappa shape index (κ1) is 11.1. The van der Waals surface area contributed by atoms with E-state index in [4.69, 9.17) is 4.74 Å². The summed E-state index contributed by atoms with van der Waals surface area (Å²) in [6.07, 6.45) is 3.32. The first-order valence-corrected chi connectivity index (χ1v) is 7.17. The minimum Gasteiger partial charge on any atom is -0.489 e. The summed E-state index contributed by atoms with van der Waals surface area (Å²) < 4.78 is 5.72. The maximum absolute atomic E-state index is 12.5. The van der Waals surface area contributed by atoms with Gasteiger partial charge in [-0.2, -0.15) is 0 Å². The zero-order chi connectivity index (χ0) is 12.8. The second-order valence-electron chi connectivity index (χ2n) is 5.58. The molecular weight excluding hydrogens is 240 g/mol. The number of nitrogens with zero attached hydrogens (tertiary/aromatic N) is 2. The lowest BCUT2D eigenvalue weighted by molar-refractivity contribution is -0.124. The number of anilines is 2. The van der Waals surface area contributed by atoms with Crippen LogP contribution >= 0.6 is 0 Å². The number of amides is 1. The van der Waals surface area contributed by atoms with Crippen LogP contribution in [-0.4, -0.2) is 32.1 Å². The van der Waals surface area contributed by atoms with Gasteiger partial charge in [0.05, 0.1) is 12.2 Å². The zero-order valence-corrected chi connectivity index (χ0v) is 11.0. The molecule has 1 aromatic rings. The van der Waals surface area contributed by atoms with Crippen molar-refractivity contribution in [2.75, 3.05) is 36.0 Å². The van der Waals surface area contributed by atoms with Crippen LogP contribution in [0.2, 0.25) is 0 Å². The lowest BCUT2D eigenvalue weighted by Crippen LogP contribution is -2.49. The predicted octanol–water partition coefficient (Wildman–Crippen LogP) is 2.03. The fourth-order valence-electron chi connectivity index (χ4n) is 3.21. The number of para-hydroxylation sites is 1. The third-order valence-corrected chi connectivity index (χ3v) is 4.52. The number of carbonyl (C=O) groups is 1. The quantitative estimate of drug-likeness (QED) is 0.772. The topological polar surface area (TPSA) is 32.8 Å². The van der Waals surface area contributed by atoms with Crippen molar-refractivity contribution >= 4 is 17.3 Å². The third kappa shape index (κ3) is 1.62. The molecule has 0 bridgehead atoms. The van der Waals surface area contributed by atoms with Gasteiger partial charge in [0.25, 0.3) is 0 Å². The molecule has 0 saturated heterocycles. The highest BCUT2D eigenvalue weighted by atomic mass is 16.5. The van der Waals surface area contributed by atoms with Crippen molar-refractivity contribution in [1.29, 1.82) is 0 Å². The Labute approximate surface area is 112 Å². The lowest BCUT2D eigenvalue weighted by Gasteiger charge is -2.42. The summed E-state index contributed by atoms with van der Waals surface area (Å²) in [5.41, 5.74) is 2.16. The van der Waals surface area contributed by atoms with E-state index in [2.05, 4.69) is 11.0 Å². The second kappa shape index (κ2) is 4.15. The predicted molar refractivity (Wildman–Crippen MR) is 73.8 cm³/mol. The minimum atomic E-state index is 0.256. The van der Waals surface area contributed by atoms with Crippen LogP contribution < -0.4 is 14.5 Å². The van der Waals surface area contributed by atoms with Crippen LogP contribution in [0.5, 0.6) is 5.75 Å². The van der Waals surface area contributed by atoms with Crippen molar-refractivity contribution in [2.45, 2.75) is 19.3 Å². The van der Waals surface area contributed by atoms with Gasteiger partial charge in [-0.25, -0.2) is 0 Å². The average Bonchev–Trinajstić information content (AvgIpc) is 2.38. The maximum atomic E-state index is 12.5. The number of benzene rings is 1. The molecule has 1 amide bonds. The van der Waals surface area contributed by atoms with Crippen LogP contribution in [0.25, 0.3) is 0 Å². The summed E-state index contributed by atoms with van der Waals surface area (Å²) in [5.74, 6) is 1.49. The highest BCUT2D eigenvalue weighted by Crippen LogP contribution is 2.43. The average molecular weight is 258 g/mol. The number of ether oxygens (including phenoxy) is 1. The molecule has 1 aromatic carbocycles. The molecule has 4 rings (SSSR count). The van der Waals surface area contributed by atoms with Crippen LogP contribution in [0.3, 0.4) is 0 Å². The number of hydrogen-bond donors (Lipinski definition) is 0. The molecule has 3 aliphatic rings. The van der Waals surface area contributed by atoms with E-state index in [1.165, 1.54) is 6.42 Å². The van der Waals surface area contributed by atoms with E-state index >= 15 is 0 Å². The van der Waals surface area contributed by atoms with Gasteiger partial charge >= 0.3 is 0 Å². The number of carbonyl (C=O) groups excluding carboxylic acids is 1. The molecule has 4 heteroatoms. The summed E-state index contributed by atoms with van der Waals surface area (Å²) in [6, 6.07) is 6.04. The van der Waals surface area contributed by atoms with E-state index in [0.717, 1.165) is 56.2 Å². The lowest BCUT2D eigenvalue weighted by atomic mass is 9.84. The van der Waals surface area contributed by atoms with Gasteiger partial charge in [-0.1, -0.05) is 12.5 Å². The molecule has 100 valence electrons. The summed E-state index contributed by atoms with van der Waals surface area (Å²) in [6.45, 7) is 3.40. The Bertz CT molecular complexity index is 525. The van der Waals surface area contributed by atoms with Crippen molar-refractivity contribution in [2.24, 2.45) is 5.92 Å². The summed E-state index contributed by atoms with van der Waals surface area (Å²) in [5, 5.41) is 0. The highest BCUT2D eigenvalue weighted by molar-refractivity contribution is 6.00. The van der Waals surface area contributed by atoms with E-state index in [0.29, 0.717) is 5.91 Å². The molecule has 19 heavy (non-hydrogen) atoms. The molecule has 0 radical (unpaired) electrons. The molecule has 0 unspecified atom stereocenters. The molecule has 0 N–H and O–H groups in total. The Morgan fingerprint density at radius 2 is 2.11 bits per heavy atom. The Morgan fingerprint density at radius 3 is 2.89 bits per heavy atom. The Hall–Kier alpha value is -1.71. The molecule has 1 aliphatic carbocycles. The fraction of sp³-hybridized carbons (Fsp3) is 0.533. The molecule has 2 aliphatic heterocycles. The van der Waals surface area contributed by atoms with Gasteiger partial charge in [0.2, 0.25) is 5.91 Å². The fourth-order valence-corrected chi connectivity index (χ4v) is 3.21. The zero-order valence-electron chi connectivity index (χ0n) is 11.0. The van der Waals surface area contributed by atoms with Gasteiger partial charge in [0, 0.05) is 19.0 Å². The van der Waals surface area contributed by atoms with E-state index < -0.39 is 0 Å². The Balaban J connectivity index is 1.74. The largest absolute Gasteiger partial charge is 0.489 e. The Morgan fingerprint density at radius 1 is 1.21 bits per heavy atom. The van der Waals surface area contributed by atoms with Crippen molar-refractivity contribution in [3.8, 4) is 5.75 Å². The smallest absolute Gasteiger partial charge is 0.230 e. The first-order chi connectivity index (χ1) is 9.34. The normalized spacial score (nSPS) is 21.5. The summed E-state index contributed by atoms with van der Waals surface area (Å²) >= 11 is 0. The monoisotopic (exact) mass is 258 g/mol. The SMILES string of the molecule is O=C(C1CCC1)N1CCN2CCOc3cccc1c32. The summed E-state index contributed by atoms with van der Waals surface area (Å²) in [4.78, 5) is 16.9. The first-order valence-electron chi connectivity index (χ1n) is 7.17. The molecule has 0 aromatic heterocycles. The Kier molecular flexibility index (Phi) is 2.43. The van der Waals surface area contributed by atoms with E-state index in [-0.39, 0.29) is 5.92 Å². The molecule has 1 saturated carbocycles. The van der Waals surface area contributed by atoms with Crippen LogP contribution in [0.4, 0.5) is 11.4 Å². The van der Waals surface area contributed by atoms with E-state index in [1.54, 1.807) is 0 Å². The van der Waals surface area contributed by atoms with Crippen LogP contribution in [-0.2, 0) is 4.79 Å². The second-order valence-corrected chi connectivity index (χ2v) is 5.58. The van der Waals surface area contributed by atoms with Gasteiger partial charge in [0.15, 0.2) is 0 Å². The van der Waals surface area contributed by atoms with Crippen LogP contribution in [0, 0.1) is 5.92 Å².